The van der Waals surface area contributed by atoms with Crippen molar-refractivity contribution < 1.29 is 36.1 Å². The number of halogens is 2. The molecular weight excluding hydrogens is 732 g/mol. The van der Waals surface area contributed by atoms with Gasteiger partial charge >= 0.3 is 29.0 Å². The monoisotopic (exact) mass is 778 g/mol. The van der Waals surface area contributed by atoms with Gasteiger partial charge in [-0.25, -0.2) is 4.79 Å². The van der Waals surface area contributed by atoms with Gasteiger partial charge in [0.2, 0.25) is 0 Å². The number of ether oxygens (including phenoxy) is 1. The van der Waals surface area contributed by atoms with Crippen molar-refractivity contribution in [3.63, 3.8) is 0 Å². The maximum atomic E-state index is 12.7. The Morgan fingerprint density at radius 3 is 1.53 bits per heavy atom. The first-order valence-corrected chi connectivity index (χ1v) is 17.4. The number of hydrogen-bond donors (Lipinski definition) is 0. The Hall–Kier alpha value is -3.29. The van der Waals surface area contributed by atoms with E-state index in [-0.39, 0.29) is 46.0 Å². The van der Waals surface area contributed by atoms with Gasteiger partial charge in [0.1, 0.15) is 11.4 Å². The minimum Gasteiger partial charge on any atom is -1.00 e. The van der Waals surface area contributed by atoms with Gasteiger partial charge in [0.25, 0.3) is 5.24 Å². The van der Waals surface area contributed by atoms with Crippen molar-refractivity contribution in [2.24, 2.45) is 0 Å². The van der Waals surface area contributed by atoms with Crippen LogP contribution in [0.4, 0.5) is 0 Å². The van der Waals surface area contributed by atoms with Crippen molar-refractivity contribution in [3.8, 4) is 0 Å². The average Bonchev–Trinajstić information content (AvgIpc) is 3.14. The van der Waals surface area contributed by atoms with E-state index >= 15 is 0 Å². The number of carbonyl (C=O) groups is 3. The molecule has 2 saturated carbocycles. The Labute approximate surface area is 336 Å². The van der Waals surface area contributed by atoms with E-state index < -0.39 is 10.8 Å². The summed E-state index contributed by atoms with van der Waals surface area (Å²) in [6.45, 7) is 11.5. The maximum Gasteiger partial charge on any atom is 2.00 e. The van der Waals surface area contributed by atoms with E-state index in [1.54, 1.807) is 36.4 Å². The molecule has 0 saturated heterocycles. The first-order chi connectivity index (χ1) is 23.7. The Balaban J connectivity index is 0.000000397. The van der Waals surface area contributed by atoms with Crippen molar-refractivity contribution in [1.29, 1.82) is 0 Å². The first-order valence-electron chi connectivity index (χ1n) is 17.1. The largest absolute Gasteiger partial charge is 2.00 e. The molecule has 0 unspecified atom stereocenters. The molecule has 0 aromatic heterocycles. The van der Waals surface area contributed by atoms with Gasteiger partial charge in [-0.05, 0) is 98.0 Å². The quantitative estimate of drug-likeness (QED) is 0.0856. The van der Waals surface area contributed by atoms with Crippen LogP contribution >= 0.6 is 11.6 Å². The molecule has 2 aliphatic carbocycles. The second kappa shape index (κ2) is 24.8. The molecule has 264 valence electrons. The van der Waals surface area contributed by atoms with Crippen molar-refractivity contribution in [2.45, 2.75) is 83.7 Å². The van der Waals surface area contributed by atoms with Gasteiger partial charge in [-0.2, -0.15) is 35.9 Å². The zero-order valence-electron chi connectivity index (χ0n) is 30.0. The van der Waals surface area contributed by atoms with Crippen LogP contribution in [-0.4, -0.2) is 40.0 Å². The van der Waals surface area contributed by atoms with E-state index in [2.05, 4.69) is 57.3 Å². The number of rotatable bonds is 6. The molecule has 0 radical (unpaired) electrons. The van der Waals surface area contributed by atoms with E-state index in [0.29, 0.717) is 16.9 Å². The molecule has 0 bridgehead atoms. The van der Waals surface area contributed by atoms with Crippen LogP contribution in [0.2, 0.25) is 0 Å². The zero-order valence-corrected chi connectivity index (χ0v) is 33.7. The van der Waals surface area contributed by atoms with Gasteiger partial charge in [-0.15, -0.1) is 0 Å². The van der Waals surface area contributed by atoms with Crippen LogP contribution < -0.4 is 17.0 Å². The fourth-order valence-electron chi connectivity index (χ4n) is 5.59. The number of esters is 1. The molecule has 0 aliphatic heterocycles. The standard InChI is InChI=1S/C22H24O2.C9H7ClO.C7H7.C6H10O.BrH.Mg/c1-3-18-9-11-19(12-10-18)21(23)24-22(15-5-4-6-16-22)20-13-7-17(2)8-14-20;1-2-7-3-5-8(6-4-7)9(10)11;1-7-5-3-2-4-6-7;7-6-4-2-1-3-5-6;;/h3,7-14H,1,4-6,15-16H2,2H3;2-6H,1H2;3-6H,1H3;1-5H2;1H;/q;;-1;;;+2/p-1. The van der Waals surface area contributed by atoms with E-state index in [1.165, 1.54) is 24.0 Å². The van der Waals surface area contributed by atoms with Crippen LogP contribution in [0.15, 0.2) is 110 Å². The molecule has 6 rings (SSSR count). The Kier molecular flexibility index (Phi) is 22.2. The van der Waals surface area contributed by atoms with E-state index in [0.717, 1.165) is 68.1 Å². The van der Waals surface area contributed by atoms with Gasteiger partial charge in [0.15, 0.2) is 0 Å². The molecule has 7 heteroatoms. The molecule has 0 N–H and O–H groups in total. The fraction of sp³-hybridized carbons (Fsp3) is 0.295. The molecule has 0 heterocycles. The van der Waals surface area contributed by atoms with Gasteiger partial charge in [-0.3, -0.25) is 9.59 Å². The number of aryl methyl sites for hydroxylation is 2. The topological polar surface area (TPSA) is 60.4 Å². The van der Waals surface area contributed by atoms with Crippen molar-refractivity contribution >= 4 is 63.8 Å². The third-order valence-corrected chi connectivity index (χ3v) is 8.80. The zero-order chi connectivity index (χ0) is 35.5. The van der Waals surface area contributed by atoms with E-state index in [9.17, 15) is 14.4 Å². The van der Waals surface area contributed by atoms with Gasteiger partial charge in [-0.1, -0.05) is 99.2 Å². The van der Waals surface area contributed by atoms with Crippen molar-refractivity contribution in [2.75, 3.05) is 0 Å². The SMILES string of the molecule is C=Cc1ccc(C(=O)Cl)cc1.C=Cc1ccc(C(=O)OC2(c3ccc(C)cc3)CCCCC2)cc1.Cc1cc[c-]cc1.O=C1CCCCC1.[Br-].[Mg+2]. The summed E-state index contributed by atoms with van der Waals surface area (Å²) in [4.78, 5) is 33.8. The summed E-state index contributed by atoms with van der Waals surface area (Å²) in [5.74, 6) is 0.222. The van der Waals surface area contributed by atoms with Crippen LogP contribution in [0.5, 0.6) is 0 Å². The molecule has 2 aliphatic rings. The normalized spacial score (nSPS) is 14.0. The van der Waals surface area contributed by atoms with E-state index in [4.69, 9.17) is 16.3 Å². The first kappa shape index (κ1) is 45.7. The summed E-state index contributed by atoms with van der Waals surface area (Å²) < 4.78 is 6.10. The molecule has 4 aromatic carbocycles. The molecule has 4 aromatic rings. The summed E-state index contributed by atoms with van der Waals surface area (Å²) in [6.07, 6.45) is 13.9. The molecule has 0 spiro atoms. The predicted octanol–water partition coefficient (Wildman–Crippen LogP) is 8.30. The van der Waals surface area contributed by atoms with E-state index in [1.807, 2.05) is 48.5 Å². The summed E-state index contributed by atoms with van der Waals surface area (Å²) in [6, 6.07) is 33.6. The summed E-state index contributed by atoms with van der Waals surface area (Å²) in [5.41, 5.74) is 6.22. The number of hydrogen-bond acceptors (Lipinski definition) is 4. The van der Waals surface area contributed by atoms with Crippen LogP contribution in [0.3, 0.4) is 0 Å². The van der Waals surface area contributed by atoms with Crippen LogP contribution in [0.25, 0.3) is 12.2 Å². The number of ketones is 1. The molecule has 0 atom stereocenters. The van der Waals surface area contributed by atoms with Gasteiger partial charge in [0, 0.05) is 18.4 Å². The van der Waals surface area contributed by atoms with Crippen molar-refractivity contribution in [3.05, 3.63) is 155 Å². The Bertz CT molecular complexity index is 1620. The molecule has 0 amide bonds. The molecule has 4 nitrogen and oxygen atoms in total. The minimum atomic E-state index is -0.486. The average molecular weight is 781 g/mol. The summed E-state index contributed by atoms with van der Waals surface area (Å²) in [7, 11) is 0. The fourth-order valence-corrected chi connectivity index (χ4v) is 5.71. The number of Topliss-reactive ketones (excluding diaryl/α,β-unsaturated/α-hetero) is 1. The summed E-state index contributed by atoms with van der Waals surface area (Å²) >= 11 is 5.23. The van der Waals surface area contributed by atoms with Crippen LogP contribution in [0.1, 0.15) is 113 Å². The van der Waals surface area contributed by atoms with Crippen LogP contribution in [-0.2, 0) is 15.1 Å². The van der Waals surface area contributed by atoms with Gasteiger partial charge in [0.05, 0.1) is 5.56 Å². The molecular formula is C44H48BrClMgO4. The molecule has 51 heavy (non-hydrogen) atoms. The minimum absolute atomic E-state index is 0. The van der Waals surface area contributed by atoms with Gasteiger partial charge < -0.3 is 21.7 Å². The smallest absolute Gasteiger partial charge is 1.00 e. The number of carbonyl (C=O) groups excluding carboxylic acids is 3. The predicted molar refractivity (Wildman–Crippen MR) is 208 cm³/mol. The number of benzene rings is 4. The second-order valence-electron chi connectivity index (χ2n) is 12.4. The molecule has 2 fully saturated rings. The third-order valence-electron chi connectivity index (χ3n) is 8.58. The Morgan fingerprint density at radius 1 is 0.686 bits per heavy atom. The maximum absolute atomic E-state index is 12.7. The van der Waals surface area contributed by atoms with Crippen LogP contribution in [0, 0.1) is 19.9 Å². The second-order valence-corrected chi connectivity index (χ2v) is 12.8. The summed E-state index contributed by atoms with van der Waals surface area (Å²) in [5, 5.41) is -0.430. The Morgan fingerprint density at radius 2 is 1.14 bits per heavy atom. The van der Waals surface area contributed by atoms with Crippen molar-refractivity contribution in [1.82, 2.24) is 0 Å². The third kappa shape index (κ3) is 16.3.